The van der Waals surface area contributed by atoms with Crippen LogP contribution in [0, 0.1) is 5.92 Å². The van der Waals surface area contributed by atoms with Crippen molar-refractivity contribution in [1.82, 2.24) is 15.1 Å². The molecule has 0 aliphatic rings. The van der Waals surface area contributed by atoms with Crippen LogP contribution in [0.4, 0.5) is 0 Å². The van der Waals surface area contributed by atoms with E-state index in [4.69, 9.17) is 5.11 Å². The van der Waals surface area contributed by atoms with Crippen molar-refractivity contribution in [2.24, 2.45) is 13.0 Å². The Morgan fingerprint density at radius 1 is 1.67 bits per heavy atom. The fourth-order valence-corrected chi connectivity index (χ4v) is 1.12. The van der Waals surface area contributed by atoms with Crippen molar-refractivity contribution < 1.29 is 9.90 Å². The van der Waals surface area contributed by atoms with Crippen molar-refractivity contribution >= 4 is 5.91 Å². The summed E-state index contributed by atoms with van der Waals surface area (Å²) in [5, 5.41) is 15.7. The van der Waals surface area contributed by atoms with Gasteiger partial charge in [0.25, 0.3) is 5.91 Å². The first-order chi connectivity index (χ1) is 7.04. The van der Waals surface area contributed by atoms with Crippen LogP contribution in [-0.4, -0.2) is 33.4 Å². The van der Waals surface area contributed by atoms with Crippen molar-refractivity contribution in [3.63, 3.8) is 0 Å². The summed E-state index contributed by atoms with van der Waals surface area (Å²) in [5.74, 6) is -0.166. The van der Waals surface area contributed by atoms with E-state index in [1.807, 2.05) is 13.8 Å². The molecule has 0 aromatic carbocycles. The molecule has 15 heavy (non-hydrogen) atoms. The van der Waals surface area contributed by atoms with Crippen LogP contribution in [0.3, 0.4) is 0 Å². The van der Waals surface area contributed by atoms with Crippen molar-refractivity contribution in [2.45, 2.75) is 19.9 Å². The second-order valence-corrected chi connectivity index (χ2v) is 3.80. The number of amides is 1. The van der Waals surface area contributed by atoms with E-state index in [0.717, 1.165) is 0 Å². The zero-order valence-electron chi connectivity index (χ0n) is 9.27. The Kier molecular flexibility index (Phi) is 3.85. The smallest absolute Gasteiger partial charge is 0.271 e. The largest absolute Gasteiger partial charge is 0.396 e. The van der Waals surface area contributed by atoms with Crippen LogP contribution in [0.5, 0.6) is 0 Å². The molecule has 1 heterocycles. The zero-order chi connectivity index (χ0) is 11.4. The molecule has 0 spiro atoms. The van der Waals surface area contributed by atoms with Crippen LogP contribution in [0.1, 0.15) is 24.3 Å². The number of aliphatic hydroxyl groups is 1. The van der Waals surface area contributed by atoms with Gasteiger partial charge in [0.2, 0.25) is 0 Å². The lowest BCUT2D eigenvalue weighted by molar-refractivity contribution is 0.0910. The predicted octanol–water partition coefficient (Wildman–Crippen LogP) is 0.167. The van der Waals surface area contributed by atoms with Crippen molar-refractivity contribution in [2.75, 3.05) is 6.61 Å². The van der Waals surface area contributed by atoms with Crippen LogP contribution in [0.15, 0.2) is 12.3 Å². The highest BCUT2D eigenvalue weighted by molar-refractivity contribution is 5.92. The Labute approximate surface area is 89.1 Å². The number of nitrogens with zero attached hydrogens (tertiary/aromatic N) is 2. The number of nitrogens with one attached hydrogen (secondary N) is 1. The monoisotopic (exact) mass is 211 g/mol. The highest BCUT2D eigenvalue weighted by Crippen LogP contribution is 2.02. The van der Waals surface area contributed by atoms with Gasteiger partial charge >= 0.3 is 0 Å². The molecule has 0 bridgehead atoms. The number of hydrogen-bond donors (Lipinski definition) is 2. The SMILES string of the molecule is CC(CO)C(C)NC(=O)c1ccn(C)n1. The summed E-state index contributed by atoms with van der Waals surface area (Å²) in [6.45, 7) is 3.80. The second-order valence-electron chi connectivity index (χ2n) is 3.80. The second kappa shape index (κ2) is 4.93. The lowest BCUT2D eigenvalue weighted by atomic mass is 10.1. The summed E-state index contributed by atoms with van der Waals surface area (Å²) in [6.07, 6.45) is 1.72. The minimum absolute atomic E-state index is 0.0395. The van der Waals surface area contributed by atoms with E-state index >= 15 is 0 Å². The molecule has 0 aliphatic heterocycles. The third-order valence-corrected chi connectivity index (χ3v) is 2.45. The summed E-state index contributed by atoms with van der Waals surface area (Å²) in [7, 11) is 1.76. The van der Waals surface area contributed by atoms with Gasteiger partial charge in [-0.05, 0) is 18.9 Å². The van der Waals surface area contributed by atoms with Crippen LogP contribution < -0.4 is 5.32 Å². The van der Waals surface area contributed by atoms with Gasteiger partial charge in [0.05, 0.1) is 0 Å². The molecule has 0 aliphatic carbocycles. The van der Waals surface area contributed by atoms with Crippen LogP contribution >= 0.6 is 0 Å². The van der Waals surface area contributed by atoms with E-state index in [2.05, 4.69) is 10.4 Å². The Morgan fingerprint density at radius 2 is 2.33 bits per heavy atom. The summed E-state index contributed by atoms with van der Waals surface area (Å²) in [6, 6.07) is 1.59. The molecular weight excluding hydrogens is 194 g/mol. The predicted molar refractivity (Wildman–Crippen MR) is 56.4 cm³/mol. The molecule has 2 atom stereocenters. The quantitative estimate of drug-likeness (QED) is 0.746. The van der Waals surface area contributed by atoms with Gasteiger partial charge in [0, 0.05) is 25.9 Å². The normalized spacial score (nSPS) is 14.7. The summed E-state index contributed by atoms with van der Waals surface area (Å²) < 4.78 is 1.58. The number of aromatic nitrogens is 2. The Balaban J connectivity index is 2.56. The number of rotatable bonds is 4. The Hall–Kier alpha value is -1.36. The van der Waals surface area contributed by atoms with Crippen LogP contribution in [0.2, 0.25) is 0 Å². The standard InChI is InChI=1S/C10H17N3O2/c1-7(6-14)8(2)11-10(15)9-4-5-13(3)12-9/h4-5,7-8,14H,6H2,1-3H3,(H,11,15). The molecule has 1 aromatic rings. The molecule has 0 fully saturated rings. The molecule has 5 heteroatoms. The number of hydrogen-bond acceptors (Lipinski definition) is 3. The number of aliphatic hydroxyl groups excluding tert-OH is 1. The third kappa shape index (κ3) is 3.06. The molecule has 84 valence electrons. The molecule has 5 nitrogen and oxygen atoms in total. The lowest BCUT2D eigenvalue weighted by Crippen LogP contribution is -2.38. The van der Waals surface area contributed by atoms with Gasteiger partial charge in [-0.15, -0.1) is 0 Å². The molecule has 2 N–H and O–H groups in total. The summed E-state index contributed by atoms with van der Waals surface area (Å²) in [4.78, 5) is 11.6. The third-order valence-electron chi connectivity index (χ3n) is 2.45. The molecule has 1 aromatic heterocycles. The fourth-order valence-electron chi connectivity index (χ4n) is 1.12. The first-order valence-corrected chi connectivity index (χ1v) is 4.96. The van der Waals surface area contributed by atoms with Crippen molar-refractivity contribution in [3.05, 3.63) is 18.0 Å². The lowest BCUT2D eigenvalue weighted by Gasteiger charge is -2.18. The highest BCUT2D eigenvalue weighted by atomic mass is 16.3. The van der Waals surface area contributed by atoms with Gasteiger partial charge in [-0.2, -0.15) is 5.10 Å². The molecule has 0 saturated carbocycles. The first kappa shape index (κ1) is 11.7. The summed E-state index contributed by atoms with van der Waals surface area (Å²) in [5.41, 5.74) is 0.398. The van der Waals surface area contributed by atoms with Gasteiger partial charge in [0.1, 0.15) is 5.69 Å². The molecule has 0 radical (unpaired) electrons. The number of carbonyl (C=O) groups excluding carboxylic acids is 1. The minimum Gasteiger partial charge on any atom is -0.396 e. The van der Waals surface area contributed by atoms with E-state index in [1.54, 1.807) is 24.0 Å². The van der Waals surface area contributed by atoms with E-state index in [1.165, 1.54) is 0 Å². The van der Waals surface area contributed by atoms with E-state index in [-0.39, 0.29) is 24.5 Å². The van der Waals surface area contributed by atoms with E-state index in [0.29, 0.717) is 5.69 Å². The fraction of sp³-hybridized carbons (Fsp3) is 0.600. The van der Waals surface area contributed by atoms with Crippen LogP contribution in [0.25, 0.3) is 0 Å². The van der Waals surface area contributed by atoms with Gasteiger partial charge in [0.15, 0.2) is 0 Å². The molecule has 1 amide bonds. The average Bonchev–Trinajstić information content (AvgIpc) is 2.63. The maximum Gasteiger partial charge on any atom is 0.271 e. The molecule has 1 rings (SSSR count). The van der Waals surface area contributed by atoms with E-state index in [9.17, 15) is 4.79 Å². The zero-order valence-corrected chi connectivity index (χ0v) is 9.27. The molecule has 2 unspecified atom stereocenters. The average molecular weight is 211 g/mol. The highest BCUT2D eigenvalue weighted by Gasteiger charge is 2.16. The maximum atomic E-state index is 11.6. The van der Waals surface area contributed by atoms with Gasteiger partial charge in [-0.25, -0.2) is 0 Å². The topological polar surface area (TPSA) is 67.2 Å². The maximum absolute atomic E-state index is 11.6. The van der Waals surface area contributed by atoms with Gasteiger partial charge < -0.3 is 10.4 Å². The van der Waals surface area contributed by atoms with Crippen LogP contribution in [-0.2, 0) is 7.05 Å². The van der Waals surface area contributed by atoms with Gasteiger partial charge in [-0.3, -0.25) is 9.48 Å². The van der Waals surface area contributed by atoms with Crippen molar-refractivity contribution in [3.8, 4) is 0 Å². The van der Waals surface area contributed by atoms with E-state index < -0.39 is 0 Å². The first-order valence-electron chi connectivity index (χ1n) is 4.96. The summed E-state index contributed by atoms with van der Waals surface area (Å²) >= 11 is 0. The Bertz CT molecular complexity index is 335. The Morgan fingerprint density at radius 3 is 2.80 bits per heavy atom. The molecule has 0 saturated heterocycles. The van der Waals surface area contributed by atoms with Gasteiger partial charge in [-0.1, -0.05) is 6.92 Å². The number of aryl methyl sites for hydroxylation is 1. The minimum atomic E-state index is -0.205. The number of carbonyl (C=O) groups is 1. The molecular formula is C10H17N3O2. The van der Waals surface area contributed by atoms with Crippen molar-refractivity contribution in [1.29, 1.82) is 0 Å².